The van der Waals surface area contributed by atoms with Gasteiger partial charge in [0.25, 0.3) is 0 Å². The van der Waals surface area contributed by atoms with Crippen LogP contribution in [0.3, 0.4) is 0 Å². The number of esters is 1. The number of hydrogen-bond acceptors (Lipinski definition) is 5. The highest BCUT2D eigenvalue weighted by molar-refractivity contribution is 5.94. The van der Waals surface area contributed by atoms with Gasteiger partial charge in [0.05, 0.1) is 19.1 Å². The average Bonchev–Trinajstić information content (AvgIpc) is 2.38. The monoisotopic (exact) mass is 266 g/mol. The first-order valence-corrected chi connectivity index (χ1v) is 5.91. The van der Waals surface area contributed by atoms with E-state index in [9.17, 15) is 15.0 Å². The number of rotatable bonds is 6. The number of carbonyl (C=O) groups excluding carboxylic acids is 1. The zero-order valence-corrected chi connectivity index (χ0v) is 10.7. The third-order valence-corrected chi connectivity index (χ3v) is 2.61. The Hall–Kier alpha value is -1.92. The number of amidine groups is 1. The van der Waals surface area contributed by atoms with E-state index in [4.69, 9.17) is 15.9 Å². The number of aliphatic hydroxyl groups is 2. The minimum atomic E-state index is -1.23. The number of aliphatic hydroxyl groups excluding tert-OH is 2. The Kier molecular flexibility index (Phi) is 5.47. The van der Waals surface area contributed by atoms with Gasteiger partial charge in [-0.2, -0.15) is 0 Å². The lowest BCUT2D eigenvalue weighted by atomic mass is 10.0. The SMILES string of the molecule is CCOC(=O)CC(O)C(O)c1ccc(C(=N)N)cc1. The van der Waals surface area contributed by atoms with E-state index >= 15 is 0 Å². The number of benzene rings is 1. The maximum absolute atomic E-state index is 11.2. The highest BCUT2D eigenvalue weighted by atomic mass is 16.5. The van der Waals surface area contributed by atoms with Gasteiger partial charge in [-0.25, -0.2) is 0 Å². The van der Waals surface area contributed by atoms with Crippen LogP contribution in [-0.2, 0) is 9.53 Å². The summed E-state index contributed by atoms with van der Waals surface area (Å²) in [6, 6.07) is 6.24. The number of hydrogen-bond donors (Lipinski definition) is 4. The first kappa shape index (κ1) is 15.1. The van der Waals surface area contributed by atoms with E-state index in [-0.39, 0.29) is 18.9 Å². The molecule has 2 unspecified atom stereocenters. The lowest BCUT2D eigenvalue weighted by Gasteiger charge is -2.17. The summed E-state index contributed by atoms with van der Waals surface area (Å²) in [7, 11) is 0. The summed E-state index contributed by atoms with van der Waals surface area (Å²) in [5.41, 5.74) is 6.28. The Labute approximate surface area is 111 Å². The molecule has 0 radical (unpaired) electrons. The molecule has 0 amide bonds. The van der Waals surface area contributed by atoms with Crippen LogP contribution in [0, 0.1) is 5.41 Å². The molecule has 2 atom stereocenters. The highest BCUT2D eigenvalue weighted by Gasteiger charge is 2.22. The average molecular weight is 266 g/mol. The van der Waals surface area contributed by atoms with E-state index in [2.05, 4.69) is 0 Å². The summed E-state index contributed by atoms with van der Waals surface area (Å²) in [5.74, 6) is -0.637. The van der Waals surface area contributed by atoms with Crippen molar-refractivity contribution in [3.05, 3.63) is 35.4 Å². The van der Waals surface area contributed by atoms with E-state index in [1.807, 2.05) is 0 Å². The molecule has 0 aromatic heterocycles. The van der Waals surface area contributed by atoms with Crippen molar-refractivity contribution in [3.8, 4) is 0 Å². The van der Waals surface area contributed by atoms with Crippen molar-refractivity contribution in [2.24, 2.45) is 5.73 Å². The summed E-state index contributed by atoms with van der Waals surface area (Å²) in [6.07, 6.45) is -2.70. The number of nitrogens with two attached hydrogens (primary N) is 1. The molecule has 1 rings (SSSR count). The van der Waals surface area contributed by atoms with Gasteiger partial charge in [-0.05, 0) is 12.5 Å². The summed E-state index contributed by atoms with van der Waals surface area (Å²) in [5, 5.41) is 26.9. The maximum atomic E-state index is 11.2. The molecule has 5 N–H and O–H groups in total. The molecule has 1 aromatic rings. The minimum Gasteiger partial charge on any atom is -0.466 e. The summed E-state index contributed by atoms with van der Waals surface area (Å²) < 4.78 is 4.69. The summed E-state index contributed by atoms with van der Waals surface area (Å²) >= 11 is 0. The third kappa shape index (κ3) is 4.35. The van der Waals surface area contributed by atoms with Gasteiger partial charge in [0, 0.05) is 5.56 Å². The van der Waals surface area contributed by atoms with Gasteiger partial charge in [-0.15, -0.1) is 0 Å². The Morgan fingerprint density at radius 3 is 2.42 bits per heavy atom. The van der Waals surface area contributed by atoms with Crippen LogP contribution in [0.4, 0.5) is 0 Å². The largest absolute Gasteiger partial charge is 0.466 e. The molecular formula is C13H18N2O4. The van der Waals surface area contributed by atoms with Crippen LogP contribution in [0.2, 0.25) is 0 Å². The van der Waals surface area contributed by atoms with Crippen molar-refractivity contribution in [1.82, 2.24) is 0 Å². The lowest BCUT2D eigenvalue weighted by Crippen LogP contribution is -2.23. The summed E-state index contributed by atoms with van der Waals surface area (Å²) in [4.78, 5) is 11.2. The van der Waals surface area contributed by atoms with E-state index in [1.54, 1.807) is 31.2 Å². The second-order valence-electron chi connectivity index (χ2n) is 4.06. The lowest BCUT2D eigenvalue weighted by molar-refractivity contribution is -0.147. The molecule has 104 valence electrons. The smallest absolute Gasteiger partial charge is 0.308 e. The summed E-state index contributed by atoms with van der Waals surface area (Å²) in [6.45, 7) is 1.90. The van der Waals surface area contributed by atoms with Crippen molar-refractivity contribution < 1.29 is 19.7 Å². The first-order chi connectivity index (χ1) is 8.95. The van der Waals surface area contributed by atoms with Crippen molar-refractivity contribution in [2.75, 3.05) is 6.61 Å². The highest BCUT2D eigenvalue weighted by Crippen LogP contribution is 2.19. The minimum absolute atomic E-state index is 0.0758. The maximum Gasteiger partial charge on any atom is 0.308 e. The van der Waals surface area contributed by atoms with Gasteiger partial charge in [0.1, 0.15) is 11.9 Å². The zero-order chi connectivity index (χ0) is 14.4. The molecule has 1 aromatic carbocycles. The first-order valence-electron chi connectivity index (χ1n) is 5.91. The fourth-order valence-corrected chi connectivity index (χ4v) is 1.58. The Bertz CT molecular complexity index is 444. The molecule has 0 bridgehead atoms. The van der Waals surface area contributed by atoms with Crippen LogP contribution >= 0.6 is 0 Å². The quantitative estimate of drug-likeness (QED) is 0.336. The second-order valence-corrected chi connectivity index (χ2v) is 4.06. The molecule has 19 heavy (non-hydrogen) atoms. The molecule has 6 heteroatoms. The topological polar surface area (TPSA) is 117 Å². The molecule has 0 fully saturated rings. The van der Waals surface area contributed by atoms with Gasteiger partial charge in [0.15, 0.2) is 0 Å². The van der Waals surface area contributed by atoms with Crippen molar-refractivity contribution in [2.45, 2.75) is 25.6 Å². The van der Waals surface area contributed by atoms with Gasteiger partial charge < -0.3 is 20.7 Å². The fourth-order valence-electron chi connectivity index (χ4n) is 1.58. The molecule has 0 saturated heterocycles. The van der Waals surface area contributed by atoms with Crippen LogP contribution in [0.25, 0.3) is 0 Å². The van der Waals surface area contributed by atoms with Crippen LogP contribution in [0.1, 0.15) is 30.6 Å². The number of ether oxygens (including phenoxy) is 1. The van der Waals surface area contributed by atoms with Crippen LogP contribution < -0.4 is 5.73 Å². The molecular weight excluding hydrogens is 248 g/mol. The molecule has 6 nitrogen and oxygen atoms in total. The molecule has 0 aliphatic carbocycles. The number of carbonyl (C=O) groups is 1. The fraction of sp³-hybridized carbons (Fsp3) is 0.385. The van der Waals surface area contributed by atoms with Gasteiger partial charge in [0.2, 0.25) is 0 Å². The molecule has 0 spiro atoms. The van der Waals surface area contributed by atoms with Crippen molar-refractivity contribution in [1.29, 1.82) is 5.41 Å². The van der Waals surface area contributed by atoms with E-state index < -0.39 is 18.2 Å². The molecule has 0 aliphatic heterocycles. The Balaban J connectivity index is 2.68. The third-order valence-electron chi connectivity index (χ3n) is 2.61. The van der Waals surface area contributed by atoms with Gasteiger partial charge in [-0.3, -0.25) is 10.2 Å². The second kappa shape index (κ2) is 6.86. The van der Waals surface area contributed by atoms with Gasteiger partial charge in [-0.1, -0.05) is 24.3 Å². The Morgan fingerprint density at radius 1 is 1.37 bits per heavy atom. The van der Waals surface area contributed by atoms with Crippen molar-refractivity contribution in [3.63, 3.8) is 0 Å². The van der Waals surface area contributed by atoms with E-state index in [0.29, 0.717) is 11.1 Å². The number of nitrogens with one attached hydrogen (secondary N) is 1. The normalized spacial score (nSPS) is 13.6. The standard InChI is InChI=1S/C13H18N2O4/c1-2-19-11(17)7-10(16)12(18)8-3-5-9(6-4-8)13(14)15/h3-6,10,12,16,18H,2,7H2,1H3,(H3,14,15). The molecule has 0 heterocycles. The van der Waals surface area contributed by atoms with E-state index in [0.717, 1.165) is 0 Å². The molecule has 0 aliphatic rings. The van der Waals surface area contributed by atoms with E-state index in [1.165, 1.54) is 0 Å². The van der Waals surface area contributed by atoms with Crippen LogP contribution in [0.15, 0.2) is 24.3 Å². The van der Waals surface area contributed by atoms with Crippen molar-refractivity contribution >= 4 is 11.8 Å². The van der Waals surface area contributed by atoms with Crippen LogP contribution in [-0.4, -0.2) is 34.7 Å². The van der Waals surface area contributed by atoms with Crippen LogP contribution in [0.5, 0.6) is 0 Å². The zero-order valence-electron chi connectivity index (χ0n) is 10.7. The van der Waals surface area contributed by atoms with Gasteiger partial charge >= 0.3 is 5.97 Å². The predicted molar refractivity (Wildman–Crippen MR) is 69.7 cm³/mol. The predicted octanol–water partition coefficient (Wildman–Crippen LogP) is 0.318. The Morgan fingerprint density at radius 2 is 1.95 bits per heavy atom. The molecule has 0 saturated carbocycles. The number of nitrogen functional groups attached to an aromatic ring is 1.